The van der Waals surface area contributed by atoms with Gasteiger partial charge in [-0.3, -0.25) is 0 Å². The average molecular weight is 308 g/mol. The van der Waals surface area contributed by atoms with Gasteiger partial charge < -0.3 is 14.1 Å². The van der Waals surface area contributed by atoms with Crippen LogP contribution in [-0.4, -0.2) is 30.7 Å². The van der Waals surface area contributed by atoms with Gasteiger partial charge in [0.25, 0.3) is 0 Å². The number of furan rings is 1. The first-order valence-corrected chi connectivity index (χ1v) is 7.66. The topological polar surface area (TPSA) is 42.7 Å². The molecule has 0 spiro atoms. The van der Waals surface area contributed by atoms with Gasteiger partial charge in [0.1, 0.15) is 11.3 Å². The summed E-state index contributed by atoms with van der Waals surface area (Å²) in [5, 5.41) is 1.75. The molecule has 1 fully saturated rings. The monoisotopic (exact) mass is 307 g/mol. The number of likely N-dealkylation sites (tertiary alicyclic amines) is 1. The molecule has 1 amide bonds. The van der Waals surface area contributed by atoms with E-state index in [1.54, 1.807) is 4.90 Å². The lowest BCUT2D eigenvalue weighted by Gasteiger charge is -2.30. The second-order valence-corrected chi connectivity index (χ2v) is 5.73. The molecule has 4 nitrogen and oxygen atoms in total. The van der Waals surface area contributed by atoms with Crippen molar-refractivity contribution in [2.75, 3.05) is 19.7 Å². The van der Waals surface area contributed by atoms with Gasteiger partial charge in [0, 0.05) is 29.4 Å². The number of carbonyl (C=O) groups is 1. The van der Waals surface area contributed by atoms with E-state index < -0.39 is 0 Å². The third-order valence-electron chi connectivity index (χ3n) is 3.92. The van der Waals surface area contributed by atoms with Crippen molar-refractivity contribution in [1.82, 2.24) is 4.90 Å². The van der Waals surface area contributed by atoms with Crippen molar-refractivity contribution in [3.05, 3.63) is 35.0 Å². The molecule has 1 aromatic heterocycles. The zero-order valence-electron chi connectivity index (χ0n) is 12.0. The van der Waals surface area contributed by atoms with Crippen molar-refractivity contribution >= 4 is 28.7 Å². The molecule has 21 heavy (non-hydrogen) atoms. The maximum absolute atomic E-state index is 11.7. The van der Waals surface area contributed by atoms with Crippen molar-refractivity contribution in [1.29, 1.82) is 0 Å². The van der Waals surface area contributed by atoms with Crippen LogP contribution >= 0.6 is 11.6 Å². The highest BCUT2D eigenvalue weighted by molar-refractivity contribution is 6.31. The molecule has 3 rings (SSSR count). The molecule has 1 saturated heterocycles. The highest BCUT2D eigenvalue weighted by Crippen LogP contribution is 2.33. The molecule has 0 saturated carbocycles. The molecule has 0 N–H and O–H groups in total. The summed E-state index contributed by atoms with van der Waals surface area (Å²) in [6.45, 7) is 3.66. The molecule has 1 aliphatic heterocycles. The van der Waals surface area contributed by atoms with E-state index in [4.69, 9.17) is 20.8 Å². The van der Waals surface area contributed by atoms with Crippen LogP contribution in [0.4, 0.5) is 4.79 Å². The summed E-state index contributed by atoms with van der Waals surface area (Å²) in [5.74, 6) is 1.33. The molecule has 0 radical (unpaired) electrons. The second-order valence-electron chi connectivity index (χ2n) is 5.29. The maximum Gasteiger partial charge on any atom is 0.409 e. The Morgan fingerprint density at radius 2 is 2.14 bits per heavy atom. The molecule has 0 aliphatic carbocycles. The summed E-state index contributed by atoms with van der Waals surface area (Å²) < 4.78 is 10.9. The largest absolute Gasteiger partial charge is 0.461 e. The van der Waals surface area contributed by atoms with Gasteiger partial charge >= 0.3 is 6.09 Å². The third kappa shape index (κ3) is 3.00. The first-order valence-electron chi connectivity index (χ1n) is 7.28. The zero-order chi connectivity index (χ0) is 14.8. The van der Waals surface area contributed by atoms with Gasteiger partial charge in [0.05, 0.1) is 6.61 Å². The van der Waals surface area contributed by atoms with E-state index in [0.29, 0.717) is 30.6 Å². The lowest BCUT2D eigenvalue weighted by atomic mass is 9.94. The lowest BCUT2D eigenvalue weighted by molar-refractivity contribution is 0.0959. The van der Waals surface area contributed by atoms with Crippen LogP contribution in [0.2, 0.25) is 5.02 Å². The minimum atomic E-state index is -0.215. The van der Waals surface area contributed by atoms with Crippen molar-refractivity contribution < 1.29 is 13.9 Å². The normalized spacial score (nSPS) is 16.4. The zero-order valence-corrected chi connectivity index (χ0v) is 12.7. The predicted molar refractivity (Wildman–Crippen MR) is 81.8 cm³/mol. The Morgan fingerprint density at radius 1 is 1.38 bits per heavy atom. The smallest absolute Gasteiger partial charge is 0.409 e. The van der Waals surface area contributed by atoms with E-state index in [9.17, 15) is 4.79 Å². The van der Waals surface area contributed by atoms with Gasteiger partial charge in [0.2, 0.25) is 0 Å². The minimum Gasteiger partial charge on any atom is -0.461 e. The molecule has 0 bridgehead atoms. The van der Waals surface area contributed by atoms with Crippen LogP contribution in [0.5, 0.6) is 0 Å². The molecule has 1 aromatic carbocycles. The Labute approximate surface area is 128 Å². The van der Waals surface area contributed by atoms with E-state index in [0.717, 1.165) is 29.6 Å². The Morgan fingerprint density at radius 3 is 2.86 bits per heavy atom. The standard InChI is InChI=1S/C16H18ClNO3/c1-2-20-16(19)18-7-5-11(6-8-18)15-10-12-9-13(17)3-4-14(12)21-15/h3-4,9-11H,2,5-8H2,1H3. The van der Waals surface area contributed by atoms with Gasteiger partial charge in [-0.05, 0) is 44.0 Å². The van der Waals surface area contributed by atoms with E-state index in [2.05, 4.69) is 6.07 Å². The Balaban J connectivity index is 1.69. The number of halogens is 1. The molecular formula is C16H18ClNO3. The van der Waals surface area contributed by atoms with E-state index >= 15 is 0 Å². The highest BCUT2D eigenvalue weighted by atomic mass is 35.5. The van der Waals surface area contributed by atoms with E-state index in [1.165, 1.54) is 0 Å². The van der Waals surface area contributed by atoms with Crippen LogP contribution < -0.4 is 0 Å². The van der Waals surface area contributed by atoms with E-state index in [-0.39, 0.29) is 6.09 Å². The molecule has 5 heteroatoms. The fourth-order valence-corrected chi connectivity index (χ4v) is 2.98. The van der Waals surface area contributed by atoms with Gasteiger partial charge in [-0.1, -0.05) is 11.6 Å². The SMILES string of the molecule is CCOC(=O)N1CCC(c2cc3cc(Cl)ccc3o2)CC1. The Kier molecular flexibility index (Phi) is 4.06. The second kappa shape index (κ2) is 5.98. The van der Waals surface area contributed by atoms with Crippen molar-refractivity contribution in [3.63, 3.8) is 0 Å². The van der Waals surface area contributed by atoms with Crippen molar-refractivity contribution in [2.24, 2.45) is 0 Å². The number of carbonyl (C=O) groups excluding carboxylic acids is 1. The van der Waals surface area contributed by atoms with Gasteiger partial charge in [-0.25, -0.2) is 4.79 Å². The van der Waals surface area contributed by atoms with Crippen LogP contribution in [0, 0.1) is 0 Å². The predicted octanol–water partition coefficient (Wildman–Crippen LogP) is 4.42. The average Bonchev–Trinajstić information content (AvgIpc) is 2.90. The molecule has 2 heterocycles. The third-order valence-corrected chi connectivity index (χ3v) is 4.16. The van der Waals surface area contributed by atoms with Gasteiger partial charge in [-0.15, -0.1) is 0 Å². The van der Waals surface area contributed by atoms with Crippen molar-refractivity contribution in [3.8, 4) is 0 Å². The van der Waals surface area contributed by atoms with Gasteiger partial charge in [0.15, 0.2) is 0 Å². The quantitative estimate of drug-likeness (QED) is 0.824. The molecule has 1 aliphatic rings. The number of piperidine rings is 1. The number of hydrogen-bond acceptors (Lipinski definition) is 3. The first-order chi connectivity index (χ1) is 10.2. The molecular weight excluding hydrogens is 290 g/mol. The fraction of sp³-hybridized carbons (Fsp3) is 0.438. The summed E-state index contributed by atoms with van der Waals surface area (Å²) in [6.07, 6.45) is 1.57. The van der Waals surface area contributed by atoms with Gasteiger partial charge in [-0.2, -0.15) is 0 Å². The van der Waals surface area contributed by atoms with Crippen LogP contribution in [0.3, 0.4) is 0 Å². The van der Waals surface area contributed by atoms with Crippen molar-refractivity contribution in [2.45, 2.75) is 25.7 Å². The Hall–Kier alpha value is -1.68. The number of benzene rings is 1. The highest BCUT2D eigenvalue weighted by Gasteiger charge is 2.26. The number of hydrogen-bond donors (Lipinski definition) is 0. The van der Waals surface area contributed by atoms with Crippen LogP contribution in [0.15, 0.2) is 28.7 Å². The van der Waals surface area contributed by atoms with E-state index in [1.807, 2.05) is 25.1 Å². The van der Waals surface area contributed by atoms with Crippen LogP contribution in [-0.2, 0) is 4.74 Å². The first kappa shape index (κ1) is 14.3. The fourth-order valence-electron chi connectivity index (χ4n) is 2.80. The van der Waals surface area contributed by atoms with Crippen LogP contribution in [0.25, 0.3) is 11.0 Å². The maximum atomic E-state index is 11.7. The number of fused-ring (bicyclic) bond motifs is 1. The van der Waals surface area contributed by atoms with Crippen LogP contribution in [0.1, 0.15) is 31.4 Å². The summed E-state index contributed by atoms with van der Waals surface area (Å²) >= 11 is 6.00. The lowest BCUT2D eigenvalue weighted by Crippen LogP contribution is -2.38. The summed E-state index contributed by atoms with van der Waals surface area (Å²) in [7, 11) is 0. The summed E-state index contributed by atoms with van der Waals surface area (Å²) in [6, 6.07) is 7.71. The number of rotatable bonds is 2. The molecule has 2 aromatic rings. The molecule has 0 atom stereocenters. The Bertz CT molecular complexity index is 644. The number of ether oxygens (including phenoxy) is 1. The summed E-state index contributed by atoms with van der Waals surface area (Å²) in [5.41, 5.74) is 0.863. The summed E-state index contributed by atoms with van der Waals surface area (Å²) in [4.78, 5) is 13.4. The number of nitrogens with zero attached hydrogens (tertiary/aromatic N) is 1. The molecule has 112 valence electrons. The number of amides is 1. The minimum absolute atomic E-state index is 0.215. The molecule has 0 unspecified atom stereocenters.